The molecule has 1 unspecified atom stereocenters. The lowest BCUT2D eigenvalue weighted by atomic mass is 9.87. The standard InChI is InChI=1S/C29H34FN3O5/c1-19-17-20(9-14-23(19)31-28-32-24-7-3-4-8-25(24)37-28)18-26(34)29(30,33-15-5-6-16-33)38-22-12-10-21(11-13-22)27(35)36-2/h3-4,7-9,14,17,21-22H,5-6,10-13,15-16,18H2,1-2H3,(H,31,32). The Labute approximate surface area is 221 Å². The third-order valence-corrected chi connectivity index (χ3v) is 7.58. The van der Waals surface area contributed by atoms with Crippen molar-refractivity contribution in [3.63, 3.8) is 0 Å². The van der Waals surface area contributed by atoms with Crippen molar-refractivity contribution in [2.45, 2.75) is 64.0 Å². The number of oxazole rings is 1. The molecule has 3 aromatic rings. The van der Waals surface area contributed by atoms with Crippen LogP contribution in [0.2, 0.25) is 0 Å². The largest absolute Gasteiger partial charge is 0.469 e. The summed E-state index contributed by atoms with van der Waals surface area (Å²) in [7, 11) is 1.38. The smallest absolute Gasteiger partial charge is 0.330 e. The maximum atomic E-state index is 16.5. The second-order valence-electron chi connectivity index (χ2n) is 10.2. The number of Topliss-reactive ketones (excluding diaryl/α,β-unsaturated/α-hetero) is 1. The fourth-order valence-corrected chi connectivity index (χ4v) is 5.44. The number of anilines is 2. The minimum absolute atomic E-state index is 0.0888. The Hall–Kier alpha value is -3.30. The molecular weight excluding hydrogens is 489 g/mol. The lowest BCUT2D eigenvalue weighted by Crippen LogP contribution is -2.54. The molecule has 1 aromatic heterocycles. The maximum absolute atomic E-state index is 16.5. The second-order valence-corrected chi connectivity index (χ2v) is 10.2. The number of nitrogens with zero attached hydrogens (tertiary/aromatic N) is 2. The van der Waals surface area contributed by atoms with Crippen molar-refractivity contribution in [3.05, 3.63) is 53.6 Å². The molecule has 2 aliphatic rings. The molecule has 0 bridgehead atoms. The number of carbonyl (C=O) groups excluding carboxylic acids is 2. The quantitative estimate of drug-likeness (QED) is 0.292. The van der Waals surface area contributed by atoms with E-state index in [9.17, 15) is 9.59 Å². The van der Waals surface area contributed by atoms with Crippen molar-refractivity contribution >= 4 is 34.6 Å². The van der Waals surface area contributed by atoms with E-state index < -0.39 is 17.9 Å². The van der Waals surface area contributed by atoms with Gasteiger partial charge in [-0.15, -0.1) is 0 Å². The average molecular weight is 524 g/mol. The van der Waals surface area contributed by atoms with Crippen LogP contribution in [0, 0.1) is 12.8 Å². The first kappa shape index (κ1) is 26.3. The predicted octanol–water partition coefficient (Wildman–Crippen LogP) is 5.46. The second kappa shape index (κ2) is 11.2. The monoisotopic (exact) mass is 523 g/mol. The number of methoxy groups -OCH3 is 1. The van der Waals surface area contributed by atoms with Crippen LogP contribution < -0.4 is 5.32 Å². The summed E-state index contributed by atoms with van der Waals surface area (Å²) < 4.78 is 33.0. The highest BCUT2D eigenvalue weighted by molar-refractivity contribution is 5.87. The summed E-state index contributed by atoms with van der Waals surface area (Å²) in [6.45, 7) is 2.87. The molecule has 38 heavy (non-hydrogen) atoms. The van der Waals surface area contributed by atoms with E-state index in [1.54, 1.807) is 0 Å². The van der Waals surface area contributed by atoms with Crippen LogP contribution in [0.15, 0.2) is 46.9 Å². The number of alkyl halides is 1. The van der Waals surface area contributed by atoms with Crippen LogP contribution in [0.3, 0.4) is 0 Å². The Balaban J connectivity index is 1.27. The fraction of sp³-hybridized carbons (Fsp3) is 0.483. The fourth-order valence-electron chi connectivity index (χ4n) is 5.44. The Bertz CT molecular complexity index is 1260. The molecule has 202 valence electrons. The van der Waals surface area contributed by atoms with Crippen molar-refractivity contribution in [2.75, 3.05) is 25.5 Å². The zero-order chi connectivity index (χ0) is 26.7. The van der Waals surface area contributed by atoms with Gasteiger partial charge in [-0.05, 0) is 74.8 Å². The van der Waals surface area contributed by atoms with Gasteiger partial charge in [0.25, 0.3) is 6.01 Å². The molecule has 9 heteroatoms. The van der Waals surface area contributed by atoms with E-state index >= 15 is 4.39 Å². The molecule has 2 aromatic carbocycles. The number of aromatic nitrogens is 1. The van der Waals surface area contributed by atoms with Crippen molar-refractivity contribution in [1.82, 2.24) is 9.88 Å². The molecule has 0 radical (unpaired) electrons. The number of nitrogens with one attached hydrogen (secondary N) is 1. The number of rotatable bonds is 9. The molecule has 1 N–H and O–H groups in total. The summed E-state index contributed by atoms with van der Waals surface area (Å²) >= 11 is 0. The van der Waals surface area contributed by atoms with E-state index in [1.165, 1.54) is 12.0 Å². The number of fused-ring (bicyclic) bond motifs is 1. The number of halogens is 1. The molecular formula is C29H34FN3O5. The number of aryl methyl sites for hydroxylation is 1. The highest BCUT2D eigenvalue weighted by Gasteiger charge is 2.48. The summed E-state index contributed by atoms with van der Waals surface area (Å²) in [6.07, 6.45) is 3.30. The summed E-state index contributed by atoms with van der Waals surface area (Å²) in [5.74, 6) is -3.52. The first-order valence-electron chi connectivity index (χ1n) is 13.3. The SMILES string of the molecule is COC(=O)C1CCC(OC(F)(C(=O)Cc2ccc(Nc3nc4ccccc4o3)c(C)c2)N2CCCC2)CC1. The number of esters is 1. The van der Waals surface area contributed by atoms with E-state index in [4.69, 9.17) is 13.9 Å². The van der Waals surface area contributed by atoms with Crippen LogP contribution in [0.5, 0.6) is 0 Å². The van der Waals surface area contributed by atoms with Gasteiger partial charge in [0.2, 0.25) is 5.78 Å². The Morgan fingerprint density at radius 1 is 1.13 bits per heavy atom. The molecule has 1 saturated heterocycles. The van der Waals surface area contributed by atoms with Crippen molar-refractivity contribution in [2.24, 2.45) is 5.92 Å². The van der Waals surface area contributed by atoms with Gasteiger partial charge in [0.1, 0.15) is 5.52 Å². The first-order chi connectivity index (χ1) is 18.4. The molecule has 2 heterocycles. The number of para-hydroxylation sites is 2. The molecule has 8 nitrogen and oxygen atoms in total. The van der Waals surface area contributed by atoms with E-state index in [-0.39, 0.29) is 18.3 Å². The molecule has 1 atom stereocenters. The van der Waals surface area contributed by atoms with Crippen LogP contribution in [-0.2, 0) is 25.5 Å². The molecule has 1 aliphatic carbocycles. The van der Waals surface area contributed by atoms with Crippen LogP contribution in [0.4, 0.5) is 16.1 Å². The highest BCUT2D eigenvalue weighted by atomic mass is 19.2. The number of ketones is 1. The number of benzene rings is 2. The van der Waals surface area contributed by atoms with Crippen molar-refractivity contribution < 1.29 is 27.9 Å². The van der Waals surface area contributed by atoms with Gasteiger partial charge < -0.3 is 19.2 Å². The van der Waals surface area contributed by atoms with Crippen molar-refractivity contribution in [1.29, 1.82) is 0 Å². The van der Waals surface area contributed by atoms with E-state index in [0.29, 0.717) is 55.9 Å². The van der Waals surface area contributed by atoms with Gasteiger partial charge in [0, 0.05) is 25.2 Å². The summed E-state index contributed by atoms with van der Waals surface area (Å²) in [5, 5.41) is 3.18. The van der Waals surface area contributed by atoms with Crippen LogP contribution in [0.1, 0.15) is 49.7 Å². The molecule has 1 aliphatic heterocycles. The van der Waals surface area contributed by atoms with E-state index in [1.807, 2.05) is 49.4 Å². The third-order valence-electron chi connectivity index (χ3n) is 7.58. The summed E-state index contributed by atoms with van der Waals surface area (Å²) in [4.78, 5) is 31.3. The van der Waals surface area contributed by atoms with E-state index in [2.05, 4.69) is 10.3 Å². The molecule has 0 spiro atoms. The normalized spacial score (nSPS) is 21.8. The van der Waals surface area contributed by atoms with Gasteiger partial charge in [0.05, 0.1) is 19.1 Å². The van der Waals surface area contributed by atoms with Crippen LogP contribution in [0.25, 0.3) is 11.1 Å². The third kappa shape index (κ3) is 5.59. The number of hydrogen-bond acceptors (Lipinski definition) is 8. The van der Waals surface area contributed by atoms with Crippen LogP contribution >= 0.6 is 0 Å². The first-order valence-corrected chi connectivity index (χ1v) is 13.3. The Morgan fingerprint density at radius 3 is 2.55 bits per heavy atom. The number of likely N-dealkylation sites (tertiary alicyclic amines) is 1. The topological polar surface area (TPSA) is 93.9 Å². The molecule has 1 saturated carbocycles. The van der Waals surface area contributed by atoms with Gasteiger partial charge in [-0.2, -0.15) is 9.37 Å². The summed E-state index contributed by atoms with van der Waals surface area (Å²) in [5.41, 5.74) is 3.82. The maximum Gasteiger partial charge on any atom is 0.330 e. The minimum atomic E-state index is -2.48. The Morgan fingerprint density at radius 2 is 1.87 bits per heavy atom. The van der Waals surface area contributed by atoms with Gasteiger partial charge >= 0.3 is 11.9 Å². The molecule has 0 amide bonds. The zero-order valence-electron chi connectivity index (χ0n) is 21.9. The number of carbonyl (C=O) groups is 2. The number of ether oxygens (including phenoxy) is 2. The predicted molar refractivity (Wildman–Crippen MR) is 141 cm³/mol. The minimum Gasteiger partial charge on any atom is -0.469 e. The van der Waals surface area contributed by atoms with Gasteiger partial charge in [-0.1, -0.05) is 24.3 Å². The van der Waals surface area contributed by atoms with Crippen molar-refractivity contribution in [3.8, 4) is 0 Å². The van der Waals surface area contributed by atoms with Gasteiger partial charge in [0.15, 0.2) is 5.58 Å². The number of hydrogen-bond donors (Lipinski definition) is 1. The average Bonchev–Trinajstić information content (AvgIpc) is 3.60. The molecule has 2 fully saturated rings. The van der Waals surface area contributed by atoms with E-state index in [0.717, 1.165) is 29.6 Å². The molecule has 5 rings (SSSR count). The van der Waals surface area contributed by atoms with Gasteiger partial charge in [-0.25, -0.2) is 4.90 Å². The van der Waals surface area contributed by atoms with Gasteiger partial charge in [-0.3, -0.25) is 9.59 Å². The Kier molecular flexibility index (Phi) is 7.76. The lowest BCUT2D eigenvalue weighted by molar-refractivity contribution is -0.252. The highest BCUT2D eigenvalue weighted by Crippen LogP contribution is 2.35. The summed E-state index contributed by atoms with van der Waals surface area (Å²) in [6, 6.07) is 13.4. The lowest BCUT2D eigenvalue weighted by Gasteiger charge is -2.37. The zero-order valence-corrected chi connectivity index (χ0v) is 21.9. The van der Waals surface area contributed by atoms with Crippen LogP contribution in [-0.4, -0.2) is 53.9 Å².